The molecule has 1 aliphatic heterocycles. The molecule has 2 aromatic rings. The van der Waals surface area contributed by atoms with Crippen molar-refractivity contribution in [3.8, 4) is 11.1 Å². The fourth-order valence-electron chi connectivity index (χ4n) is 2.57. The van der Waals surface area contributed by atoms with E-state index in [1.807, 2.05) is 0 Å². The predicted molar refractivity (Wildman–Crippen MR) is 115 cm³/mol. The molecule has 11 heteroatoms. The monoisotopic (exact) mass is 468 g/mol. The standard InChI is InChI=1S/C19H14F2N2O4S3/c1-22(8-17(25)26)16(24)7-23-18(27)15(30-19(23)28)6-12-4-11(9-29-12)10-2-3-13(20)14(21)5-10/h2-6,9H,7-8H2,1H3,(H,25,26). The minimum Gasteiger partial charge on any atom is -0.480 e. The van der Waals surface area contributed by atoms with Crippen molar-refractivity contribution in [2.75, 3.05) is 20.1 Å². The summed E-state index contributed by atoms with van der Waals surface area (Å²) in [5.74, 6) is -4.04. The molecule has 1 N–H and O–H groups in total. The van der Waals surface area contributed by atoms with Gasteiger partial charge in [0.15, 0.2) is 11.6 Å². The van der Waals surface area contributed by atoms with Gasteiger partial charge in [0.25, 0.3) is 5.91 Å². The number of hydrogen-bond donors (Lipinski definition) is 1. The first-order valence-corrected chi connectivity index (χ1v) is 10.5. The Balaban J connectivity index is 1.74. The van der Waals surface area contributed by atoms with Gasteiger partial charge >= 0.3 is 5.97 Å². The number of carbonyl (C=O) groups excluding carboxylic acids is 2. The highest BCUT2D eigenvalue weighted by atomic mass is 32.2. The molecule has 0 saturated carbocycles. The van der Waals surface area contributed by atoms with Crippen LogP contribution in [-0.4, -0.2) is 57.1 Å². The Hall–Kier alpha value is -2.63. The van der Waals surface area contributed by atoms with E-state index in [1.165, 1.54) is 24.5 Å². The molecule has 3 rings (SSSR count). The fraction of sp³-hybridized carbons (Fsp3) is 0.158. The number of rotatable bonds is 6. The van der Waals surface area contributed by atoms with Gasteiger partial charge in [0.05, 0.1) is 4.91 Å². The summed E-state index contributed by atoms with van der Waals surface area (Å²) in [6.07, 6.45) is 1.61. The molecular formula is C19H14F2N2O4S3. The van der Waals surface area contributed by atoms with Gasteiger partial charge in [-0.05, 0) is 40.8 Å². The first-order chi connectivity index (χ1) is 14.2. The number of thiocarbonyl (C=S) groups is 1. The number of nitrogens with zero attached hydrogens (tertiary/aromatic N) is 2. The lowest BCUT2D eigenvalue weighted by Crippen LogP contribution is -2.42. The number of benzene rings is 1. The molecule has 0 aliphatic carbocycles. The Morgan fingerprint density at radius 3 is 2.63 bits per heavy atom. The van der Waals surface area contributed by atoms with E-state index in [4.69, 9.17) is 17.3 Å². The van der Waals surface area contributed by atoms with E-state index in [-0.39, 0.29) is 10.9 Å². The van der Waals surface area contributed by atoms with E-state index < -0.39 is 36.0 Å². The largest absolute Gasteiger partial charge is 0.480 e. The smallest absolute Gasteiger partial charge is 0.323 e. The van der Waals surface area contributed by atoms with Crippen molar-refractivity contribution in [1.82, 2.24) is 9.80 Å². The van der Waals surface area contributed by atoms with Gasteiger partial charge in [-0.2, -0.15) is 0 Å². The first kappa shape index (κ1) is 22.1. The van der Waals surface area contributed by atoms with Crippen LogP contribution in [0.25, 0.3) is 17.2 Å². The highest BCUT2D eigenvalue weighted by Gasteiger charge is 2.34. The molecule has 2 heterocycles. The summed E-state index contributed by atoms with van der Waals surface area (Å²) >= 11 is 7.52. The van der Waals surface area contributed by atoms with Crippen LogP contribution in [0.15, 0.2) is 34.6 Å². The SMILES string of the molecule is CN(CC(=O)O)C(=O)CN1C(=O)C(=Cc2cc(-c3ccc(F)c(F)c3)cs2)SC1=S. The molecule has 1 fully saturated rings. The van der Waals surface area contributed by atoms with Crippen molar-refractivity contribution < 1.29 is 28.3 Å². The lowest BCUT2D eigenvalue weighted by Gasteiger charge is -2.19. The van der Waals surface area contributed by atoms with Crippen LogP contribution in [0.4, 0.5) is 8.78 Å². The topological polar surface area (TPSA) is 77.9 Å². The zero-order valence-electron chi connectivity index (χ0n) is 15.4. The highest BCUT2D eigenvalue weighted by Crippen LogP contribution is 2.35. The summed E-state index contributed by atoms with van der Waals surface area (Å²) in [5.41, 5.74) is 1.18. The minimum absolute atomic E-state index is 0.195. The van der Waals surface area contributed by atoms with Gasteiger partial charge in [0, 0.05) is 11.9 Å². The minimum atomic E-state index is -1.16. The molecule has 6 nitrogen and oxygen atoms in total. The van der Waals surface area contributed by atoms with Crippen molar-refractivity contribution in [1.29, 1.82) is 0 Å². The molecule has 1 aliphatic rings. The van der Waals surface area contributed by atoms with Crippen molar-refractivity contribution in [3.63, 3.8) is 0 Å². The van der Waals surface area contributed by atoms with Gasteiger partial charge in [-0.3, -0.25) is 19.3 Å². The predicted octanol–water partition coefficient (Wildman–Crippen LogP) is 3.44. The number of hydrogen-bond acceptors (Lipinski definition) is 6. The van der Waals surface area contributed by atoms with Crippen molar-refractivity contribution in [2.24, 2.45) is 0 Å². The average Bonchev–Trinajstić information content (AvgIpc) is 3.24. The summed E-state index contributed by atoms with van der Waals surface area (Å²) in [5, 5.41) is 10.5. The van der Waals surface area contributed by atoms with Gasteiger partial charge in [-0.1, -0.05) is 30.0 Å². The molecule has 1 aromatic heterocycles. The van der Waals surface area contributed by atoms with E-state index in [9.17, 15) is 23.2 Å². The summed E-state index contributed by atoms with van der Waals surface area (Å²) in [6, 6.07) is 5.34. The molecule has 1 aromatic carbocycles. The number of carbonyl (C=O) groups is 3. The maximum atomic E-state index is 13.5. The van der Waals surface area contributed by atoms with E-state index >= 15 is 0 Å². The number of carboxylic acid groups (broad SMARTS) is 1. The average molecular weight is 469 g/mol. The summed E-state index contributed by atoms with van der Waals surface area (Å²) < 4.78 is 26.8. The molecule has 1 saturated heterocycles. The van der Waals surface area contributed by atoms with Crippen LogP contribution in [0.5, 0.6) is 0 Å². The van der Waals surface area contributed by atoms with Crippen molar-refractivity contribution in [2.45, 2.75) is 0 Å². The Labute approximate surface area is 183 Å². The third kappa shape index (κ3) is 4.91. The molecule has 30 heavy (non-hydrogen) atoms. The van der Waals surface area contributed by atoms with Gasteiger partial charge in [0.1, 0.15) is 17.4 Å². The Morgan fingerprint density at radius 2 is 1.97 bits per heavy atom. The van der Waals surface area contributed by atoms with E-state index in [1.54, 1.807) is 17.5 Å². The van der Waals surface area contributed by atoms with Crippen LogP contribution in [0.1, 0.15) is 4.88 Å². The van der Waals surface area contributed by atoms with Gasteiger partial charge in [-0.25, -0.2) is 8.78 Å². The molecule has 0 bridgehead atoms. The fourth-order valence-corrected chi connectivity index (χ4v) is 4.74. The summed E-state index contributed by atoms with van der Waals surface area (Å²) in [6.45, 7) is -0.832. The zero-order valence-corrected chi connectivity index (χ0v) is 17.9. The molecule has 0 atom stereocenters. The number of aliphatic carboxylic acids is 1. The first-order valence-electron chi connectivity index (χ1n) is 8.41. The molecular weight excluding hydrogens is 454 g/mol. The summed E-state index contributed by atoms with van der Waals surface area (Å²) in [4.78, 5) is 38.6. The third-order valence-corrected chi connectivity index (χ3v) is 6.37. The Morgan fingerprint density at radius 1 is 1.23 bits per heavy atom. The van der Waals surface area contributed by atoms with Crippen molar-refractivity contribution in [3.05, 3.63) is 51.1 Å². The van der Waals surface area contributed by atoms with E-state index in [2.05, 4.69) is 0 Å². The molecule has 2 amide bonds. The lowest BCUT2D eigenvalue weighted by atomic mass is 10.1. The van der Waals surface area contributed by atoms with E-state index in [0.29, 0.717) is 20.9 Å². The number of thiophene rings is 1. The second-order valence-electron chi connectivity index (χ2n) is 6.28. The Kier molecular flexibility index (Phi) is 6.64. The summed E-state index contributed by atoms with van der Waals surface area (Å²) in [7, 11) is 1.33. The molecule has 0 spiro atoms. The maximum absolute atomic E-state index is 13.5. The highest BCUT2D eigenvalue weighted by molar-refractivity contribution is 8.26. The van der Waals surface area contributed by atoms with Crippen LogP contribution < -0.4 is 0 Å². The second-order valence-corrected chi connectivity index (χ2v) is 8.90. The zero-order chi connectivity index (χ0) is 22.0. The molecule has 156 valence electrons. The van der Waals surface area contributed by atoms with Crippen LogP contribution in [-0.2, 0) is 14.4 Å². The quantitative estimate of drug-likeness (QED) is 0.517. The number of halogens is 2. The number of likely N-dealkylation sites (N-methyl/N-ethyl adjacent to an activating group) is 1. The van der Waals surface area contributed by atoms with Gasteiger partial charge < -0.3 is 10.0 Å². The lowest BCUT2D eigenvalue weighted by molar-refractivity contribution is -0.144. The van der Waals surface area contributed by atoms with Gasteiger partial charge in [0.2, 0.25) is 5.91 Å². The second kappa shape index (κ2) is 9.02. The van der Waals surface area contributed by atoms with E-state index in [0.717, 1.165) is 33.7 Å². The van der Waals surface area contributed by atoms with Crippen LogP contribution in [0, 0.1) is 11.6 Å². The Bertz CT molecular complexity index is 1080. The van der Waals surface area contributed by atoms with Crippen LogP contribution in [0.3, 0.4) is 0 Å². The third-order valence-electron chi connectivity index (χ3n) is 4.11. The number of thioether (sulfide) groups is 1. The van der Waals surface area contributed by atoms with Crippen LogP contribution >= 0.6 is 35.3 Å². The van der Waals surface area contributed by atoms with Crippen LogP contribution in [0.2, 0.25) is 0 Å². The normalized spacial score (nSPS) is 15.2. The molecule has 0 unspecified atom stereocenters. The number of amides is 2. The van der Waals surface area contributed by atoms with Gasteiger partial charge in [-0.15, -0.1) is 11.3 Å². The maximum Gasteiger partial charge on any atom is 0.323 e. The molecule has 0 radical (unpaired) electrons. The number of carboxylic acids is 1. The van der Waals surface area contributed by atoms with Crippen molar-refractivity contribution >= 4 is 63.5 Å².